The smallest absolute Gasteiger partial charge is 0.259 e. The number of amides is 1. The van der Waals surface area contributed by atoms with Crippen molar-refractivity contribution in [1.29, 1.82) is 0 Å². The molecule has 0 aliphatic carbocycles. The SMILES string of the molecule is COc1ccc(C(=O)Nc2ccccc2Cc2nc(-c3cccs3)no2)c(OC)c1. The maximum Gasteiger partial charge on any atom is 0.259 e. The first-order valence-corrected chi connectivity index (χ1v) is 10.0. The van der Waals surface area contributed by atoms with E-state index in [1.807, 2.05) is 41.8 Å². The molecule has 7 nitrogen and oxygen atoms in total. The molecule has 152 valence electrons. The number of rotatable bonds is 7. The third kappa shape index (κ3) is 4.18. The second-order valence-corrected chi connectivity index (χ2v) is 7.29. The summed E-state index contributed by atoms with van der Waals surface area (Å²) in [6.07, 6.45) is 0.397. The van der Waals surface area contributed by atoms with Crippen molar-refractivity contribution in [3.05, 3.63) is 77.0 Å². The van der Waals surface area contributed by atoms with Gasteiger partial charge in [-0.25, -0.2) is 0 Å². The zero-order valence-electron chi connectivity index (χ0n) is 16.4. The number of methoxy groups -OCH3 is 2. The number of thiophene rings is 1. The average Bonchev–Trinajstić information content (AvgIpc) is 3.46. The van der Waals surface area contributed by atoms with Gasteiger partial charge >= 0.3 is 0 Å². The quantitative estimate of drug-likeness (QED) is 0.467. The minimum absolute atomic E-state index is 0.285. The molecule has 2 heterocycles. The topological polar surface area (TPSA) is 86.5 Å². The number of nitrogens with one attached hydrogen (secondary N) is 1. The molecule has 0 saturated heterocycles. The number of anilines is 1. The molecule has 1 N–H and O–H groups in total. The van der Waals surface area contributed by atoms with Crippen LogP contribution in [-0.4, -0.2) is 30.3 Å². The van der Waals surface area contributed by atoms with Gasteiger partial charge < -0.3 is 19.3 Å². The van der Waals surface area contributed by atoms with E-state index in [2.05, 4.69) is 15.5 Å². The molecule has 0 fully saturated rings. The first-order chi connectivity index (χ1) is 14.7. The molecule has 2 aromatic carbocycles. The van der Waals surface area contributed by atoms with Crippen molar-refractivity contribution in [2.24, 2.45) is 0 Å². The molecule has 30 heavy (non-hydrogen) atoms. The van der Waals surface area contributed by atoms with Crippen molar-refractivity contribution >= 4 is 22.9 Å². The van der Waals surface area contributed by atoms with Gasteiger partial charge in [0.2, 0.25) is 11.7 Å². The molecule has 0 saturated carbocycles. The Bertz CT molecular complexity index is 1150. The maximum absolute atomic E-state index is 12.9. The summed E-state index contributed by atoms with van der Waals surface area (Å²) in [6.45, 7) is 0. The van der Waals surface area contributed by atoms with E-state index in [1.54, 1.807) is 36.6 Å². The van der Waals surface area contributed by atoms with Crippen molar-refractivity contribution in [2.75, 3.05) is 19.5 Å². The summed E-state index contributed by atoms with van der Waals surface area (Å²) in [7, 11) is 3.08. The minimum Gasteiger partial charge on any atom is -0.497 e. The zero-order chi connectivity index (χ0) is 20.9. The van der Waals surface area contributed by atoms with Gasteiger partial charge in [-0.3, -0.25) is 4.79 Å². The van der Waals surface area contributed by atoms with Crippen molar-refractivity contribution < 1.29 is 18.8 Å². The van der Waals surface area contributed by atoms with Gasteiger partial charge in [-0.15, -0.1) is 11.3 Å². The minimum atomic E-state index is -0.285. The monoisotopic (exact) mass is 421 g/mol. The first kappa shape index (κ1) is 19.7. The molecule has 0 aliphatic heterocycles. The van der Waals surface area contributed by atoms with Crippen LogP contribution in [0.2, 0.25) is 0 Å². The van der Waals surface area contributed by atoms with Crippen LogP contribution in [0.25, 0.3) is 10.7 Å². The van der Waals surface area contributed by atoms with Crippen LogP contribution in [0.4, 0.5) is 5.69 Å². The molecule has 4 rings (SSSR count). The summed E-state index contributed by atoms with van der Waals surface area (Å²) in [5.74, 6) is 1.79. The normalized spacial score (nSPS) is 10.6. The predicted octanol–water partition coefficient (Wildman–Crippen LogP) is 4.66. The summed E-state index contributed by atoms with van der Waals surface area (Å²) in [6, 6.07) is 16.4. The molecule has 0 spiro atoms. The van der Waals surface area contributed by atoms with Crippen LogP contribution in [-0.2, 0) is 6.42 Å². The molecule has 0 radical (unpaired) electrons. The lowest BCUT2D eigenvalue weighted by Gasteiger charge is -2.13. The van der Waals surface area contributed by atoms with Gasteiger partial charge in [0, 0.05) is 11.8 Å². The number of ether oxygens (including phenoxy) is 2. The standard InChI is InChI=1S/C22H19N3O4S/c1-27-15-9-10-16(18(13-15)28-2)22(26)23-17-7-4-3-6-14(17)12-20-24-21(25-29-20)19-8-5-11-30-19/h3-11,13H,12H2,1-2H3,(H,23,26). The molecule has 2 aromatic heterocycles. The van der Waals surface area contributed by atoms with Crippen LogP contribution in [0.5, 0.6) is 11.5 Å². The number of carbonyl (C=O) groups excluding carboxylic acids is 1. The Balaban J connectivity index is 1.55. The van der Waals surface area contributed by atoms with Crippen LogP contribution < -0.4 is 14.8 Å². The van der Waals surface area contributed by atoms with E-state index >= 15 is 0 Å². The van der Waals surface area contributed by atoms with Crippen LogP contribution in [0.15, 0.2) is 64.5 Å². The summed E-state index contributed by atoms with van der Waals surface area (Å²) in [5, 5.41) is 8.95. The van der Waals surface area contributed by atoms with E-state index in [4.69, 9.17) is 14.0 Å². The molecule has 8 heteroatoms. The Morgan fingerprint density at radius 1 is 1.10 bits per heavy atom. The fourth-order valence-corrected chi connectivity index (χ4v) is 3.62. The van der Waals surface area contributed by atoms with Crippen LogP contribution in [0.3, 0.4) is 0 Å². The van der Waals surface area contributed by atoms with Gasteiger partial charge in [-0.1, -0.05) is 29.4 Å². The van der Waals surface area contributed by atoms with Gasteiger partial charge in [0.25, 0.3) is 5.91 Å². The fraction of sp³-hybridized carbons (Fsp3) is 0.136. The lowest BCUT2D eigenvalue weighted by molar-refractivity contribution is 0.102. The summed E-state index contributed by atoms with van der Waals surface area (Å²) < 4.78 is 15.9. The largest absolute Gasteiger partial charge is 0.497 e. The van der Waals surface area contributed by atoms with E-state index < -0.39 is 0 Å². The molecular weight excluding hydrogens is 402 g/mol. The Morgan fingerprint density at radius 3 is 2.73 bits per heavy atom. The first-order valence-electron chi connectivity index (χ1n) is 9.15. The molecule has 0 bridgehead atoms. The molecular formula is C22H19N3O4S. The van der Waals surface area contributed by atoms with Crippen molar-refractivity contribution in [1.82, 2.24) is 10.1 Å². The van der Waals surface area contributed by atoms with Crippen LogP contribution >= 0.6 is 11.3 Å². The zero-order valence-corrected chi connectivity index (χ0v) is 17.2. The summed E-state index contributed by atoms with van der Waals surface area (Å²) in [4.78, 5) is 18.3. The van der Waals surface area contributed by atoms with E-state index in [1.165, 1.54) is 7.11 Å². The van der Waals surface area contributed by atoms with Crippen LogP contribution in [0, 0.1) is 0 Å². The number of aromatic nitrogens is 2. The summed E-state index contributed by atoms with van der Waals surface area (Å²) in [5.41, 5.74) is 1.93. The Hall–Kier alpha value is -3.65. The highest BCUT2D eigenvalue weighted by Crippen LogP contribution is 2.27. The molecule has 0 unspecified atom stereocenters. The van der Waals surface area contributed by atoms with E-state index in [0.29, 0.717) is 40.9 Å². The number of benzene rings is 2. The molecule has 1 amide bonds. The predicted molar refractivity (Wildman–Crippen MR) is 114 cm³/mol. The highest BCUT2D eigenvalue weighted by atomic mass is 32.1. The van der Waals surface area contributed by atoms with Gasteiger partial charge in [0.1, 0.15) is 11.5 Å². The van der Waals surface area contributed by atoms with E-state index in [-0.39, 0.29) is 5.91 Å². The molecule has 0 atom stereocenters. The second kappa shape index (κ2) is 8.79. The summed E-state index contributed by atoms with van der Waals surface area (Å²) >= 11 is 1.55. The Morgan fingerprint density at radius 2 is 1.97 bits per heavy atom. The van der Waals surface area contributed by atoms with E-state index in [0.717, 1.165) is 10.4 Å². The number of nitrogens with zero attached hydrogens (tertiary/aromatic N) is 2. The van der Waals surface area contributed by atoms with Gasteiger partial charge in [0.05, 0.1) is 31.1 Å². The number of hydrogen-bond donors (Lipinski definition) is 1. The van der Waals surface area contributed by atoms with E-state index in [9.17, 15) is 4.79 Å². The highest BCUT2D eigenvalue weighted by Gasteiger charge is 2.16. The number of carbonyl (C=O) groups is 1. The Labute approximate surface area is 177 Å². The average molecular weight is 421 g/mol. The number of para-hydroxylation sites is 1. The second-order valence-electron chi connectivity index (χ2n) is 6.34. The van der Waals surface area contributed by atoms with Gasteiger partial charge in [-0.2, -0.15) is 4.98 Å². The Kier molecular flexibility index (Phi) is 5.76. The molecule has 4 aromatic rings. The number of hydrogen-bond acceptors (Lipinski definition) is 7. The fourth-order valence-electron chi connectivity index (χ4n) is 2.97. The third-order valence-electron chi connectivity index (χ3n) is 4.47. The lowest BCUT2D eigenvalue weighted by Crippen LogP contribution is -2.14. The highest BCUT2D eigenvalue weighted by molar-refractivity contribution is 7.13. The molecule has 0 aliphatic rings. The van der Waals surface area contributed by atoms with Gasteiger partial charge in [-0.05, 0) is 35.2 Å². The maximum atomic E-state index is 12.9. The van der Waals surface area contributed by atoms with Crippen molar-refractivity contribution in [3.8, 4) is 22.2 Å². The lowest BCUT2D eigenvalue weighted by atomic mass is 10.1. The van der Waals surface area contributed by atoms with Crippen molar-refractivity contribution in [3.63, 3.8) is 0 Å². The van der Waals surface area contributed by atoms with Crippen molar-refractivity contribution in [2.45, 2.75) is 6.42 Å². The third-order valence-corrected chi connectivity index (χ3v) is 5.34. The van der Waals surface area contributed by atoms with Crippen LogP contribution in [0.1, 0.15) is 21.8 Å². The van der Waals surface area contributed by atoms with Gasteiger partial charge in [0.15, 0.2) is 0 Å².